The van der Waals surface area contributed by atoms with Crippen molar-refractivity contribution in [3.05, 3.63) is 63.4 Å². The van der Waals surface area contributed by atoms with Gasteiger partial charge in [-0.25, -0.2) is 12.8 Å². The first-order chi connectivity index (χ1) is 10.2. The molecule has 0 saturated heterocycles. The van der Waals surface area contributed by atoms with Crippen molar-refractivity contribution in [2.45, 2.75) is 4.90 Å². The van der Waals surface area contributed by atoms with Crippen LogP contribution in [0.15, 0.2) is 47.4 Å². The molecule has 0 N–H and O–H groups in total. The van der Waals surface area contributed by atoms with Crippen molar-refractivity contribution < 1.29 is 17.7 Å². The number of rotatable bonds is 4. The molecule has 9 heteroatoms. The highest BCUT2D eigenvalue weighted by molar-refractivity contribution is 7.93. The molecule has 0 fully saturated rings. The molecule has 2 aromatic carbocycles. The first kappa shape index (κ1) is 16.2. The zero-order valence-corrected chi connectivity index (χ0v) is 12.8. The minimum absolute atomic E-state index is 0.156. The second kappa shape index (κ2) is 5.90. The number of nitro benzene ring substituents is 1. The summed E-state index contributed by atoms with van der Waals surface area (Å²) in [5, 5.41) is 10.3. The fourth-order valence-electron chi connectivity index (χ4n) is 1.80. The van der Waals surface area contributed by atoms with Crippen molar-refractivity contribution in [1.29, 1.82) is 0 Å². The van der Waals surface area contributed by atoms with Gasteiger partial charge in [0.1, 0.15) is 10.7 Å². The summed E-state index contributed by atoms with van der Waals surface area (Å²) in [4.78, 5) is 9.62. The molecule has 0 spiro atoms. The van der Waals surface area contributed by atoms with Crippen LogP contribution < -0.4 is 4.31 Å². The predicted octanol–water partition coefficient (Wildman–Crippen LogP) is 3.21. The molecule has 2 aromatic rings. The van der Waals surface area contributed by atoms with E-state index in [1.807, 2.05) is 0 Å². The number of benzene rings is 2. The number of anilines is 1. The maximum atomic E-state index is 13.7. The summed E-state index contributed by atoms with van der Waals surface area (Å²) in [7, 11) is -2.98. The number of halogens is 2. The Morgan fingerprint density at radius 3 is 2.41 bits per heavy atom. The quantitative estimate of drug-likeness (QED) is 0.630. The van der Waals surface area contributed by atoms with Crippen LogP contribution in [0, 0.1) is 15.9 Å². The van der Waals surface area contributed by atoms with Crippen LogP contribution in [0.25, 0.3) is 0 Å². The zero-order valence-electron chi connectivity index (χ0n) is 11.2. The third-order valence-corrected chi connectivity index (χ3v) is 5.21. The second-order valence-electron chi connectivity index (χ2n) is 4.30. The molecule has 0 saturated carbocycles. The van der Waals surface area contributed by atoms with Crippen LogP contribution in [0.4, 0.5) is 15.8 Å². The van der Waals surface area contributed by atoms with Gasteiger partial charge in [0.05, 0.1) is 15.6 Å². The lowest BCUT2D eigenvalue weighted by molar-refractivity contribution is -0.384. The molecule has 2 rings (SSSR count). The van der Waals surface area contributed by atoms with Gasteiger partial charge in [-0.05, 0) is 18.2 Å². The Morgan fingerprint density at radius 2 is 1.86 bits per heavy atom. The summed E-state index contributed by atoms with van der Waals surface area (Å²) in [5.41, 5.74) is -0.491. The molecule has 0 aromatic heterocycles. The standard InChI is InChI=1S/C13H10ClFN2O4S/c1-16(12-5-3-2-4-11(12)15)22(20,21)13-7-6-9(17(18)19)8-10(13)14/h2-8H,1H3. The molecule has 0 heterocycles. The van der Waals surface area contributed by atoms with Crippen LogP contribution in [0.2, 0.25) is 5.02 Å². The summed E-state index contributed by atoms with van der Waals surface area (Å²) in [5.74, 6) is -0.716. The van der Waals surface area contributed by atoms with Gasteiger partial charge in [0, 0.05) is 19.2 Å². The number of hydrogen-bond donors (Lipinski definition) is 0. The number of non-ortho nitro benzene ring substituents is 1. The molecule has 0 radical (unpaired) electrons. The topological polar surface area (TPSA) is 80.5 Å². The van der Waals surface area contributed by atoms with Crippen molar-refractivity contribution in [3.63, 3.8) is 0 Å². The lowest BCUT2D eigenvalue weighted by Crippen LogP contribution is -2.27. The van der Waals surface area contributed by atoms with E-state index in [0.717, 1.165) is 28.6 Å². The van der Waals surface area contributed by atoms with Gasteiger partial charge in [-0.15, -0.1) is 0 Å². The molecular weight excluding hydrogens is 335 g/mol. The Hall–Kier alpha value is -2.19. The fraction of sp³-hybridized carbons (Fsp3) is 0.0769. The van der Waals surface area contributed by atoms with Gasteiger partial charge in [-0.1, -0.05) is 23.7 Å². The van der Waals surface area contributed by atoms with E-state index in [9.17, 15) is 22.9 Å². The number of sulfonamides is 1. The summed E-state index contributed by atoms with van der Waals surface area (Å²) in [6.45, 7) is 0. The highest BCUT2D eigenvalue weighted by Gasteiger charge is 2.27. The van der Waals surface area contributed by atoms with Crippen LogP contribution in [-0.4, -0.2) is 20.4 Å². The summed E-state index contributed by atoms with van der Waals surface area (Å²) in [6.07, 6.45) is 0. The smallest absolute Gasteiger partial charge is 0.266 e. The average Bonchev–Trinajstić information content (AvgIpc) is 2.46. The van der Waals surface area contributed by atoms with Crippen LogP contribution in [0.3, 0.4) is 0 Å². The molecule has 116 valence electrons. The summed E-state index contributed by atoms with van der Waals surface area (Å²) >= 11 is 5.83. The van der Waals surface area contributed by atoms with E-state index < -0.39 is 20.8 Å². The van der Waals surface area contributed by atoms with Crippen LogP contribution in [-0.2, 0) is 10.0 Å². The van der Waals surface area contributed by atoms with Gasteiger partial charge in [0.15, 0.2) is 0 Å². The molecular formula is C13H10ClFN2O4S. The van der Waals surface area contributed by atoms with E-state index in [1.165, 1.54) is 25.2 Å². The number of hydrogen-bond acceptors (Lipinski definition) is 4. The van der Waals surface area contributed by atoms with Gasteiger partial charge < -0.3 is 0 Å². The number of nitrogens with zero attached hydrogens (tertiary/aromatic N) is 2. The second-order valence-corrected chi connectivity index (χ2v) is 6.64. The molecule has 0 amide bonds. The lowest BCUT2D eigenvalue weighted by Gasteiger charge is -2.20. The monoisotopic (exact) mass is 344 g/mol. The Balaban J connectivity index is 2.51. The molecule has 0 atom stereocenters. The van der Waals surface area contributed by atoms with Crippen molar-refractivity contribution in [2.75, 3.05) is 11.4 Å². The Labute approximate surface area is 130 Å². The van der Waals surface area contributed by atoms with Crippen molar-refractivity contribution >= 4 is 33.0 Å². The van der Waals surface area contributed by atoms with Crippen LogP contribution in [0.1, 0.15) is 0 Å². The SMILES string of the molecule is CN(c1ccccc1F)S(=O)(=O)c1ccc([N+](=O)[O-])cc1Cl. The molecule has 22 heavy (non-hydrogen) atoms. The molecule has 6 nitrogen and oxygen atoms in total. The molecule has 0 bridgehead atoms. The third-order valence-electron chi connectivity index (χ3n) is 2.96. The maximum absolute atomic E-state index is 13.7. The summed E-state index contributed by atoms with van der Waals surface area (Å²) < 4.78 is 39.4. The van der Waals surface area contributed by atoms with E-state index in [1.54, 1.807) is 0 Å². The largest absolute Gasteiger partial charge is 0.271 e. The first-order valence-electron chi connectivity index (χ1n) is 5.92. The fourth-order valence-corrected chi connectivity index (χ4v) is 3.51. The molecule has 0 aliphatic heterocycles. The Morgan fingerprint density at radius 1 is 1.23 bits per heavy atom. The van der Waals surface area contributed by atoms with E-state index in [4.69, 9.17) is 11.6 Å². The normalized spacial score (nSPS) is 11.2. The Bertz CT molecular complexity index is 842. The molecule has 0 unspecified atom stereocenters. The summed E-state index contributed by atoms with van der Waals surface area (Å²) in [6, 6.07) is 8.32. The number of nitro groups is 1. The van der Waals surface area contributed by atoms with Gasteiger partial charge >= 0.3 is 0 Å². The zero-order chi connectivity index (χ0) is 16.5. The first-order valence-corrected chi connectivity index (χ1v) is 7.74. The molecule has 0 aliphatic carbocycles. The number of para-hydroxylation sites is 1. The maximum Gasteiger partial charge on any atom is 0.271 e. The minimum Gasteiger partial charge on any atom is -0.266 e. The average molecular weight is 345 g/mol. The van der Waals surface area contributed by atoms with E-state index >= 15 is 0 Å². The van der Waals surface area contributed by atoms with Gasteiger partial charge in [0.25, 0.3) is 15.7 Å². The third kappa shape index (κ3) is 2.88. The predicted molar refractivity (Wildman–Crippen MR) is 80.1 cm³/mol. The van der Waals surface area contributed by atoms with Gasteiger partial charge in [-0.2, -0.15) is 0 Å². The van der Waals surface area contributed by atoms with E-state index in [0.29, 0.717) is 0 Å². The van der Waals surface area contributed by atoms with Crippen molar-refractivity contribution in [1.82, 2.24) is 0 Å². The van der Waals surface area contributed by atoms with Crippen molar-refractivity contribution in [3.8, 4) is 0 Å². The lowest BCUT2D eigenvalue weighted by atomic mass is 10.3. The van der Waals surface area contributed by atoms with E-state index in [2.05, 4.69) is 0 Å². The highest BCUT2D eigenvalue weighted by Crippen LogP contribution is 2.31. The highest BCUT2D eigenvalue weighted by atomic mass is 35.5. The minimum atomic E-state index is -4.15. The van der Waals surface area contributed by atoms with Crippen LogP contribution >= 0.6 is 11.6 Å². The Kier molecular flexibility index (Phi) is 4.34. The van der Waals surface area contributed by atoms with Crippen LogP contribution in [0.5, 0.6) is 0 Å². The van der Waals surface area contributed by atoms with Gasteiger partial charge in [-0.3, -0.25) is 14.4 Å². The van der Waals surface area contributed by atoms with E-state index in [-0.39, 0.29) is 21.3 Å². The molecule has 0 aliphatic rings. The van der Waals surface area contributed by atoms with Crippen molar-refractivity contribution in [2.24, 2.45) is 0 Å². The van der Waals surface area contributed by atoms with Gasteiger partial charge in [0.2, 0.25) is 0 Å².